The maximum Gasteiger partial charge on any atom is 0.470 e. The number of hydrogen-bond acceptors (Lipinski definition) is 12. The second kappa shape index (κ2) is 9.02. The lowest BCUT2D eigenvalue weighted by Crippen LogP contribution is -2.64. The fraction of sp³-hybridized carbons (Fsp3) is 1.00. The van der Waals surface area contributed by atoms with Gasteiger partial charge in [0.2, 0.25) is 0 Å². The Balaban J connectivity index is 2.00. The van der Waals surface area contributed by atoms with Crippen molar-refractivity contribution in [2.75, 3.05) is 13.2 Å². The molecule has 0 aromatic heterocycles. The van der Waals surface area contributed by atoms with Gasteiger partial charge in [-0.3, -0.25) is 4.52 Å². The van der Waals surface area contributed by atoms with Gasteiger partial charge in [0.05, 0.1) is 25.3 Å². The maximum atomic E-state index is 11.0. The monoisotopic (exact) mass is 420 g/mol. The standard InChI is InChI=1S/C12H25N2O12P/c13-5-8(17)7(16)4(24-11(5)19)2-23-12-6(14)9(18)10(3(1-15)25-12)26-27(20,21)22/h3-12,15-19H,1-2,13-14H2,(H2,20,21,22)/t3-,4-,5-,6-,7-,8-,9-,10-,11?,12-/m1/s1. The number of aliphatic hydroxyl groups excluding tert-OH is 5. The molecule has 2 heterocycles. The van der Waals surface area contributed by atoms with Crippen molar-refractivity contribution in [3.8, 4) is 0 Å². The van der Waals surface area contributed by atoms with Crippen LogP contribution in [0.4, 0.5) is 0 Å². The van der Waals surface area contributed by atoms with Gasteiger partial charge in [-0.15, -0.1) is 0 Å². The smallest absolute Gasteiger partial charge is 0.394 e. The van der Waals surface area contributed by atoms with E-state index in [1.807, 2.05) is 0 Å². The van der Waals surface area contributed by atoms with Crippen LogP contribution in [0.15, 0.2) is 0 Å². The van der Waals surface area contributed by atoms with Crippen LogP contribution in [0.2, 0.25) is 0 Å². The van der Waals surface area contributed by atoms with E-state index in [0.29, 0.717) is 0 Å². The van der Waals surface area contributed by atoms with Crippen molar-refractivity contribution in [1.29, 1.82) is 0 Å². The minimum atomic E-state index is -5.00. The van der Waals surface area contributed by atoms with E-state index in [-0.39, 0.29) is 0 Å². The number of phosphoric ester groups is 1. The van der Waals surface area contributed by atoms with Crippen LogP contribution in [-0.2, 0) is 23.3 Å². The molecule has 14 nitrogen and oxygen atoms in total. The summed E-state index contributed by atoms with van der Waals surface area (Å²) in [4.78, 5) is 17.8. The van der Waals surface area contributed by atoms with Crippen molar-refractivity contribution in [1.82, 2.24) is 0 Å². The van der Waals surface area contributed by atoms with Crippen molar-refractivity contribution < 1.29 is 58.6 Å². The zero-order chi connectivity index (χ0) is 20.5. The Kier molecular flexibility index (Phi) is 7.68. The molecule has 0 radical (unpaired) electrons. The summed E-state index contributed by atoms with van der Waals surface area (Å²) in [6.07, 6.45) is -11.8. The van der Waals surface area contributed by atoms with E-state index in [1.54, 1.807) is 0 Å². The van der Waals surface area contributed by atoms with Crippen LogP contribution in [0.1, 0.15) is 0 Å². The van der Waals surface area contributed by atoms with Crippen LogP contribution in [0.25, 0.3) is 0 Å². The highest BCUT2D eigenvalue weighted by Gasteiger charge is 2.48. The van der Waals surface area contributed by atoms with Crippen molar-refractivity contribution in [3.63, 3.8) is 0 Å². The molecule has 0 aliphatic carbocycles. The summed E-state index contributed by atoms with van der Waals surface area (Å²) in [7, 11) is -5.00. The lowest BCUT2D eigenvalue weighted by molar-refractivity contribution is -0.292. The fourth-order valence-corrected chi connectivity index (χ4v) is 3.40. The molecule has 0 amide bonds. The van der Waals surface area contributed by atoms with Gasteiger partial charge in [0, 0.05) is 0 Å². The molecule has 160 valence electrons. The van der Waals surface area contributed by atoms with Crippen molar-refractivity contribution in [3.05, 3.63) is 0 Å². The fourth-order valence-electron chi connectivity index (χ4n) is 2.82. The molecule has 15 heteroatoms. The Bertz CT molecular complexity index is 535. The number of hydrogen-bond donors (Lipinski definition) is 9. The molecular formula is C12H25N2O12P. The Labute approximate surface area is 153 Å². The summed E-state index contributed by atoms with van der Waals surface area (Å²) in [5.74, 6) is 0. The normalized spacial score (nSPS) is 46.4. The summed E-state index contributed by atoms with van der Waals surface area (Å²) < 4.78 is 31.0. The molecule has 1 unspecified atom stereocenters. The predicted molar refractivity (Wildman–Crippen MR) is 83.5 cm³/mol. The average Bonchev–Trinajstić information content (AvgIpc) is 2.59. The maximum absolute atomic E-state index is 11.0. The van der Waals surface area contributed by atoms with E-state index < -0.39 is 82.3 Å². The Morgan fingerprint density at radius 1 is 0.926 bits per heavy atom. The van der Waals surface area contributed by atoms with Crippen molar-refractivity contribution >= 4 is 7.82 Å². The van der Waals surface area contributed by atoms with Crippen LogP contribution in [0.5, 0.6) is 0 Å². The highest BCUT2D eigenvalue weighted by atomic mass is 31.2. The Morgan fingerprint density at radius 2 is 1.56 bits per heavy atom. The van der Waals surface area contributed by atoms with Crippen LogP contribution in [-0.4, -0.2) is 110 Å². The predicted octanol–water partition coefficient (Wildman–Crippen LogP) is -5.35. The number of phosphoric acid groups is 1. The number of ether oxygens (including phenoxy) is 3. The van der Waals surface area contributed by atoms with Gasteiger partial charge in [-0.25, -0.2) is 4.57 Å². The van der Waals surface area contributed by atoms with Crippen molar-refractivity contribution in [2.24, 2.45) is 11.5 Å². The number of aliphatic hydroxyl groups is 5. The molecule has 10 atom stereocenters. The largest absolute Gasteiger partial charge is 0.470 e. The van der Waals surface area contributed by atoms with Crippen LogP contribution < -0.4 is 11.5 Å². The molecule has 2 saturated heterocycles. The highest BCUT2D eigenvalue weighted by Crippen LogP contribution is 2.41. The summed E-state index contributed by atoms with van der Waals surface area (Å²) in [5, 5.41) is 48.7. The van der Waals surface area contributed by atoms with Crippen LogP contribution >= 0.6 is 7.82 Å². The van der Waals surface area contributed by atoms with Gasteiger partial charge in [0.1, 0.15) is 36.6 Å². The van der Waals surface area contributed by atoms with Gasteiger partial charge in [-0.05, 0) is 0 Å². The molecule has 0 bridgehead atoms. The van der Waals surface area contributed by atoms with E-state index in [1.165, 1.54) is 0 Å². The molecule has 2 aliphatic rings. The zero-order valence-electron chi connectivity index (χ0n) is 14.0. The number of nitrogens with two attached hydrogens (primary N) is 2. The van der Waals surface area contributed by atoms with Gasteiger partial charge < -0.3 is 61.0 Å². The molecule has 11 N–H and O–H groups in total. The molecule has 2 rings (SSSR count). The molecule has 2 fully saturated rings. The van der Waals surface area contributed by atoms with E-state index >= 15 is 0 Å². The molecule has 2 aliphatic heterocycles. The molecule has 0 aromatic carbocycles. The van der Waals surface area contributed by atoms with E-state index in [4.69, 9.17) is 35.5 Å². The molecule has 0 saturated carbocycles. The topological polar surface area (TPSA) is 248 Å². The Morgan fingerprint density at radius 3 is 2.11 bits per heavy atom. The van der Waals surface area contributed by atoms with E-state index in [0.717, 1.165) is 0 Å². The van der Waals surface area contributed by atoms with E-state index in [9.17, 15) is 30.1 Å². The second-order valence-electron chi connectivity index (χ2n) is 6.31. The third kappa shape index (κ3) is 5.41. The van der Waals surface area contributed by atoms with Gasteiger partial charge in [-0.1, -0.05) is 0 Å². The van der Waals surface area contributed by atoms with Gasteiger partial charge in [0.25, 0.3) is 0 Å². The molecular weight excluding hydrogens is 395 g/mol. The summed E-state index contributed by atoms with van der Waals surface area (Å²) >= 11 is 0. The first-order chi connectivity index (χ1) is 12.5. The van der Waals surface area contributed by atoms with Crippen LogP contribution in [0, 0.1) is 0 Å². The van der Waals surface area contributed by atoms with Gasteiger partial charge in [0.15, 0.2) is 12.6 Å². The third-order valence-electron chi connectivity index (χ3n) is 4.35. The first kappa shape index (κ1) is 23.0. The summed E-state index contributed by atoms with van der Waals surface area (Å²) in [6, 6.07) is -2.57. The second-order valence-corrected chi connectivity index (χ2v) is 7.50. The lowest BCUT2D eigenvalue weighted by atomic mass is 9.97. The minimum Gasteiger partial charge on any atom is -0.394 e. The molecule has 0 aromatic rings. The zero-order valence-corrected chi connectivity index (χ0v) is 14.9. The minimum absolute atomic E-state index is 0.449. The quantitative estimate of drug-likeness (QED) is 0.182. The third-order valence-corrected chi connectivity index (χ3v) is 4.87. The highest BCUT2D eigenvalue weighted by molar-refractivity contribution is 7.46. The average molecular weight is 420 g/mol. The van der Waals surface area contributed by atoms with E-state index in [2.05, 4.69) is 4.52 Å². The first-order valence-corrected chi connectivity index (χ1v) is 9.50. The SMILES string of the molecule is N[C@H]1[C@H](OC[C@H]2OC(O)[C@H](N)[C@@H](O)[C@@H]2O)O[C@H](CO)[C@@H](OP(=O)(O)O)[C@@H]1O. The van der Waals surface area contributed by atoms with Gasteiger partial charge >= 0.3 is 7.82 Å². The van der Waals surface area contributed by atoms with Crippen molar-refractivity contribution in [2.45, 2.75) is 61.3 Å². The summed E-state index contributed by atoms with van der Waals surface area (Å²) in [5.41, 5.74) is 11.2. The Hall–Kier alpha value is -0.290. The molecule has 27 heavy (non-hydrogen) atoms. The molecule has 0 spiro atoms. The lowest BCUT2D eigenvalue weighted by Gasteiger charge is -2.43. The summed E-state index contributed by atoms with van der Waals surface area (Å²) in [6.45, 7) is -1.22. The van der Waals surface area contributed by atoms with Gasteiger partial charge in [-0.2, -0.15) is 0 Å². The van der Waals surface area contributed by atoms with Crippen LogP contribution in [0.3, 0.4) is 0 Å². The first-order valence-electron chi connectivity index (χ1n) is 7.97. The number of rotatable bonds is 6.